The smallest absolute Gasteiger partial charge is 0.0341 e. The molecule has 0 saturated heterocycles. The molecule has 0 aliphatic rings. The Morgan fingerprint density at radius 2 is 1.38 bits per heavy atom. The summed E-state index contributed by atoms with van der Waals surface area (Å²) in [7, 11) is 0. The molecule has 0 aromatic rings. The zero-order valence-electron chi connectivity index (χ0n) is 22.4. The van der Waals surface area contributed by atoms with E-state index in [1.165, 1.54) is 28.7 Å². The fourth-order valence-corrected chi connectivity index (χ4v) is 3.29. The summed E-state index contributed by atoms with van der Waals surface area (Å²) in [6.45, 7) is 26.4. The fraction of sp³-hybridized carbons (Fsp3) is 0.467. The summed E-state index contributed by atoms with van der Waals surface area (Å²) in [6.07, 6.45) is 17.7. The first kappa shape index (κ1) is 32.3. The van der Waals surface area contributed by atoms with Gasteiger partial charge in [-0.25, -0.2) is 0 Å². The lowest BCUT2D eigenvalue weighted by Gasteiger charge is -2.09. The Kier molecular flexibility index (Phi) is 21.1. The molecule has 180 valence electrons. The van der Waals surface area contributed by atoms with E-state index in [2.05, 4.69) is 103 Å². The van der Waals surface area contributed by atoms with E-state index >= 15 is 0 Å². The van der Waals surface area contributed by atoms with Crippen LogP contribution in [0.3, 0.4) is 0 Å². The van der Waals surface area contributed by atoms with E-state index < -0.39 is 0 Å². The van der Waals surface area contributed by atoms with Gasteiger partial charge in [0.15, 0.2) is 0 Å². The van der Waals surface area contributed by atoms with E-state index in [1.54, 1.807) is 6.08 Å². The first-order valence-electron chi connectivity index (χ1n) is 11.6. The largest absolute Gasteiger partial charge is 0.359 e. The van der Waals surface area contributed by atoms with Crippen molar-refractivity contribution in [2.24, 2.45) is 0 Å². The number of hydrogen-bond donors (Lipinski definition) is 1. The van der Waals surface area contributed by atoms with Crippen LogP contribution in [0.4, 0.5) is 0 Å². The summed E-state index contributed by atoms with van der Waals surface area (Å²) in [5.74, 6) is 1.01. The lowest BCUT2D eigenvalue weighted by Crippen LogP contribution is -2.08. The Bertz CT molecular complexity index is 735. The predicted octanol–water partition coefficient (Wildman–Crippen LogP) is 10.2. The first-order chi connectivity index (χ1) is 15.1. The molecule has 0 amide bonds. The molecule has 0 fully saturated rings. The second kappa shape index (κ2) is 20.9. The SMILES string of the molecule is C=C(C)/C(C)=C/C(=C\C)N/C(C)=C/SC/C=C(\C)CC/C=C(\C)CCC=C(C)C.C=CC. The van der Waals surface area contributed by atoms with Crippen molar-refractivity contribution >= 4 is 11.8 Å². The zero-order valence-corrected chi connectivity index (χ0v) is 23.2. The molecule has 0 radical (unpaired) electrons. The van der Waals surface area contributed by atoms with Crippen LogP contribution in [0.15, 0.2) is 94.3 Å². The summed E-state index contributed by atoms with van der Waals surface area (Å²) < 4.78 is 0. The Labute approximate surface area is 204 Å². The van der Waals surface area contributed by atoms with E-state index in [4.69, 9.17) is 0 Å². The molecule has 0 bridgehead atoms. The molecule has 32 heavy (non-hydrogen) atoms. The molecule has 0 rings (SSSR count). The Morgan fingerprint density at radius 3 is 1.88 bits per heavy atom. The Balaban J connectivity index is 0. The van der Waals surface area contributed by atoms with Crippen molar-refractivity contribution in [3.8, 4) is 0 Å². The van der Waals surface area contributed by atoms with Crippen LogP contribution in [-0.4, -0.2) is 5.75 Å². The van der Waals surface area contributed by atoms with Crippen molar-refractivity contribution < 1.29 is 0 Å². The molecule has 1 N–H and O–H groups in total. The second-order valence-corrected chi connectivity index (χ2v) is 9.38. The zero-order chi connectivity index (χ0) is 24.9. The molecule has 2 heteroatoms. The molecule has 0 heterocycles. The van der Waals surface area contributed by atoms with Crippen molar-refractivity contribution in [3.05, 3.63) is 94.3 Å². The normalized spacial score (nSPS) is 13.2. The van der Waals surface area contributed by atoms with E-state index in [1.807, 2.05) is 25.6 Å². The molecule has 0 spiro atoms. The minimum absolute atomic E-state index is 1.01. The number of allylic oxidation sites excluding steroid dienone is 11. The van der Waals surface area contributed by atoms with E-state index in [0.29, 0.717) is 0 Å². The predicted molar refractivity (Wildman–Crippen MR) is 153 cm³/mol. The summed E-state index contributed by atoms with van der Waals surface area (Å²) in [5.41, 5.74) is 8.96. The van der Waals surface area contributed by atoms with Gasteiger partial charge in [0.1, 0.15) is 0 Å². The topological polar surface area (TPSA) is 12.0 Å². The highest BCUT2D eigenvalue weighted by atomic mass is 32.2. The maximum Gasteiger partial charge on any atom is 0.0341 e. The molecule has 0 atom stereocenters. The minimum Gasteiger partial charge on any atom is -0.359 e. The van der Waals surface area contributed by atoms with Crippen LogP contribution >= 0.6 is 11.8 Å². The van der Waals surface area contributed by atoms with Gasteiger partial charge in [0, 0.05) is 17.1 Å². The van der Waals surface area contributed by atoms with Crippen LogP contribution in [0.2, 0.25) is 0 Å². The van der Waals surface area contributed by atoms with Gasteiger partial charge in [0.2, 0.25) is 0 Å². The van der Waals surface area contributed by atoms with Crippen LogP contribution in [-0.2, 0) is 0 Å². The first-order valence-corrected chi connectivity index (χ1v) is 12.7. The molecule has 0 aliphatic heterocycles. The van der Waals surface area contributed by atoms with Gasteiger partial charge in [0.25, 0.3) is 0 Å². The van der Waals surface area contributed by atoms with Crippen LogP contribution in [0.25, 0.3) is 0 Å². The third-order valence-corrected chi connectivity index (χ3v) is 5.49. The van der Waals surface area contributed by atoms with Gasteiger partial charge in [-0.05, 0) is 105 Å². The molecule has 0 aromatic heterocycles. The van der Waals surface area contributed by atoms with Crippen LogP contribution in [0, 0.1) is 0 Å². The van der Waals surface area contributed by atoms with E-state index in [0.717, 1.165) is 42.0 Å². The van der Waals surface area contributed by atoms with Gasteiger partial charge in [-0.15, -0.1) is 18.3 Å². The van der Waals surface area contributed by atoms with E-state index in [9.17, 15) is 0 Å². The van der Waals surface area contributed by atoms with Gasteiger partial charge in [0.05, 0.1) is 0 Å². The lowest BCUT2D eigenvalue weighted by atomic mass is 10.1. The van der Waals surface area contributed by atoms with Gasteiger partial charge in [-0.1, -0.05) is 59.3 Å². The molecule has 0 aliphatic carbocycles. The maximum absolute atomic E-state index is 3.99. The van der Waals surface area contributed by atoms with Gasteiger partial charge in [-0.2, -0.15) is 0 Å². The molecular formula is C30H49NS. The standard InChI is InChI=1S/C27H43NS.C3H6/c1-10-27(19-25(8)22(4)5)28-26(9)20-29-18-17-24(7)16-12-15-23(6)14-11-13-21(2)3;1-3-2/h10,13,15,17,19-20,28H,4,11-12,14,16,18H2,1-3,5-9H3;3H,1H2,2H3/b23-15+,24-17+,25-19+,26-20+,27-10+;. The summed E-state index contributed by atoms with van der Waals surface area (Å²) in [5, 5.41) is 5.66. The van der Waals surface area contributed by atoms with Crippen molar-refractivity contribution in [2.45, 2.75) is 88.0 Å². The third-order valence-electron chi connectivity index (χ3n) is 4.61. The third kappa shape index (κ3) is 21.3. The molecule has 0 saturated carbocycles. The highest BCUT2D eigenvalue weighted by molar-refractivity contribution is 8.02. The monoisotopic (exact) mass is 455 g/mol. The van der Waals surface area contributed by atoms with E-state index in [-0.39, 0.29) is 0 Å². The van der Waals surface area contributed by atoms with Crippen LogP contribution < -0.4 is 5.32 Å². The Hall–Kier alpha value is -1.93. The highest BCUT2D eigenvalue weighted by Crippen LogP contribution is 2.14. The summed E-state index contributed by atoms with van der Waals surface area (Å²) in [4.78, 5) is 0. The number of thioether (sulfide) groups is 1. The minimum atomic E-state index is 1.01. The number of rotatable bonds is 13. The molecule has 0 aromatic carbocycles. The maximum atomic E-state index is 3.99. The quantitative estimate of drug-likeness (QED) is 0.168. The molecule has 0 unspecified atom stereocenters. The fourth-order valence-electron chi connectivity index (χ4n) is 2.51. The van der Waals surface area contributed by atoms with Crippen molar-refractivity contribution in [2.75, 3.05) is 5.75 Å². The Morgan fingerprint density at radius 1 is 0.844 bits per heavy atom. The second-order valence-electron chi connectivity index (χ2n) is 8.48. The average Bonchev–Trinajstić information content (AvgIpc) is 2.70. The number of nitrogens with one attached hydrogen (secondary N) is 1. The van der Waals surface area contributed by atoms with Gasteiger partial charge in [-0.3, -0.25) is 0 Å². The number of hydrogen-bond acceptors (Lipinski definition) is 2. The average molecular weight is 456 g/mol. The van der Waals surface area contributed by atoms with Crippen molar-refractivity contribution in [1.29, 1.82) is 0 Å². The van der Waals surface area contributed by atoms with Gasteiger partial charge >= 0.3 is 0 Å². The van der Waals surface area contributed by atoms with Crippen LogP contribution in [0.1, 0.15) is 88.0 Å². The summed E-state index contributed by atoms with van der Waals surface area (Å²) >= 11 is 1.83. The van der Waals surface area contributed by atoms with Crippen molar-refractivity contribution in [3.63, 3.8) is 0 Å². The summed E-state index contributed by atoms with van der Waals surface area (Å²) in [6, 6.07) is 0. The molecular weight excluding hydrogens is 406 g/mol. The van der Waals surface area contributed by atoms with Crippen LogP contribution in [0.5, 0.6) is 0 Å². The highest BCUT2D eigenvalue weighted by Gasteiger charge is 1.96. The van der Waals surface area contributed by atoms with Crippen molar-refractivity contribution in [1.82, 2.24) is 5.32 Å². The lowest BCUT2D eigenvalue weighted by molar-refractivity contribution is 0.917. The van der Waals surface area contributed by atoms with Gasteiger partial charge < -0.3 is 5.32 Å². The molecule has 1 nitrogen and oxygen atoms in total.